The molecule has 1 aromatic heterocycles. The molecule has 0 spiro atoms. The van der Waals surface area contributed by atoms with Crippen molar-refractivity contribution in [1.29, 1.82) is 0 Å². The molecule has 8 nitrogen and oxygen atoms in total. The molecule has 2 amide bonds. The Labute approximate surface area is 124 Å². The highest BCUT2D eigenvalue weighted by molar-refractivity contribution is 7.13. The first-order valence-electron chi connectivity index (χ1n) is 6.43. The number of amides is 2. The molecule has 0 unspecified atom stereocenters. The third-order valence-corrected chi connectivity index (χ3v) is 3.76. The van der Waals surface area contributed by atoms with Gasteiger partial charge in [-0.1, -0.05) is 0 Å². The summed E-state index contributed by atoms with van der Waals surface area (Å²) in [6, 6.07) is -1.95. The Morgan fingerprint density at radius 2 is 2.10 bits per heavy atom. The Hall–Kier alpha value is -2.16. The van der Waals surface area contributed by atoms with Gasteiger partial charge in [-0.25, -0.2) is 14.6 Å². The van der Waals surface area contributed by atoms with E-state index in [1.165, 1.54) is 11.3 Å². The predicted molar refractivity (Wildman–Crippen MR) is 74.5 cm³/mol. The predicted octanol–water partition coefficient (Wildman–Crippen LogP) is 1.46. The highest BCUT2D eigenvalue weighted by atomic mass is 32.1. The van der Waals surface area contributed by atoms with E-state index in [2.05, 4.69) is 15.6 Å². The van der Waals surface area contributed by atoms with Crippen LogP contribution in [0, 0.1) is 0 Å². The molecule has 0 bridgehead atoms. The summed E-state index contributed by atoms with van der Waals surface area (Å²) in [7, 11) is 0. The second kappa shape index (κ2) is 6.53. The zero-order chi connectivity index (χ0) is 15.4. The summed E-state index contributed by atoms with van der Waals surface area (Å²) in [5.41, 5.74) is 0.941. The van der Waals surface area contributed by atoms with Crippen LogP contribution in [-0.2, 0) is 9.59 Å². The number of anilines is 1. The van der Waals surface area contributed by atoms with Gasteiger partial charge in [0, 0.05) is 17.7 Å². The average Bonchev–Trinajstić information content (AvgIpc) is 3.15. The van der Waals surface area contributed by atoms with Crippen LogP contribution in [0.15, 0.2) is 5.38 Å². The number of hydrogen-bond donors (Lipinski definition) is 4. The highest BCUT2D eigenvalue weighted by Crippen LogP contribution is 2.40. The zero-order valence-corrected chi connectivity index (χ0v) is 11.9. The number of hydrogen-bond acceptors (Lipinski definition) is 5. The Bertz CT molecular complexity index is 555. The zero-order valence-electron chi connectivity index (χ0n) is 11.0. The van der Waals surface area contributed by atoms with Gasteiger partial charge < -0.3 is 15.5 Å². The smallest absolute Gasteiger partial charge is 0.326 e. The highest BCUT2D eigenvalue weighted by Gasteiger charge is 2.26. The quantitative estimate of drug-likeness (QED) is 0.603. The first kappa shape index (κ1) is 15.2. The summed E-state index contributed by atoms with van der Waals surface area (Å²) >= 11 is 1.28. The van der Waals surface area contributed by atoms with Crippen molar-refractivity contribution in [3.63, 3.8) is 0 Å². The third-order valence-electron chi connectivity index (χ3n) is 2.99. The number of carboxylic acids is 2. The van der Waals surface area contributed by atoms with E-state index in [9.17, 15) is 14.4 Å². The summed E-state index contributed by atoms with van der Waals surface area (Å²) in [6.07, 6.45) is 1.70. The number of urea groups is 1. The van der Waals surface area contributed by atoms with Crippen molar-refractivity contribution < 1.29 is 24.6 Å². The van der Waals surface area contributed by atoms with Gasteiger partial charge in [0.25, 0.3) is 0 Å². The lowest BCUT2D eigenvalue weighted by atomic mass is 10.1. The number of carbonyl (C=O) groups is 3. The molecule has 4 N–H and O–H groups in total. The lowest BCUT2D eigenvalue weighted by Gasteiger charge is -2.13. The van der Waals surface area contributed by atoms with E-state index in [1.807, 2.05) is 5.38 Å². The van der Waals surface area contributed by atoms with E-state index in [0.29, 0.717) is 11.0 Å². The molecule has 1 heterocycles. The van der Waals surface area contributed by atoms with Gasteiger partial charge in [0.15, 0.2) is 5.13 Å². The Morgan fingerprint density at radius 1 is 1.38 bits per heavy atom. The number of aromatic nitrogens is 1. The van der Waals surface area contributed by atoms with Gasteiger partial charge in [0.05, 0.1) is 5.69 Å². The molecule has 21 heavy (non-hydrogen) atoms. The molecular formula is C12H15N3O5S. The van der Waals surface area contributed by atoms with Crippen molar-refractivity contribution >= 4 is 34.4 Å². The maximum atomic E-state index is 11.7. The van der Waals surface area contributed by atoms with Gasteiger partial charge in [-0.05, 0) is 19.3 Å². The van der Waals surface area contributed by atoms with Crippen molar-refractivity contribution in [3.8, 4) is 0 Å². The summed E-state index contributed by atoms with van der Waals surface area (Å²) < 4.78 is 0. The van der Waals surface area contributed by atoms with E-state index >= 15 is 0 Å². The van der Waals surface area contributed by atoms with Crippen LogP contribution in [0.4, 0.5) is 9.93 Å². The summed E-state index contributed by atoms with van der Waals surface area (Å²) in [5, 5.41) is 24.4. The minimum absolute atomic E-state index is 0.177. The molecule has 9 heteroatoms. The van der Waals surface area contributed by atoms with Crippen molar-refractivity contribution in [2.75, 3.05) is 5.32 Å². The van der Waals surface area contributed by atoms with Crippen LogP contribution < -0.4 is 10.6 Å². The summed E-state index contributed by atoms with van der Waals surface area (Å²) in [4.78, 5) is 37.3. The molecule has 114 valence electrons. The molecule has 0 saturated heterocycles. The van der Waals surface area contributed by atoms with Crippen LogP contribution in [0.1, 0.15) is 37.3 Å². The van der Waals surface area contributed by atoms with Crippen molar-refractivity contribution in [2.45, 2.75) is 37.6 Å². The number of carbonyl (C=O) groups excluding carboxylic acids is 1. The van der Waals surface area contributed by atoms with Gasteiger partial charge in [-0.3, -0.25) is 10.1 Å². The maximum Gasteiger partial charge on any atom is 0.326 e. The first-order valence-corrected chi connectivity index (χ1v) is 7.31. The van der Waals surface area contributed by atoms with Gasteiger partial charge in [0.1, 0.15) is 6.04 Å². The molecule has 1 atom stereocenters. The van der Waals surface area contributed by atoms with Crippen LogP contribution in [0.2, 0.25) is 0 Å². The van der Waals surface area contributed by atoms with Crippen molar-refractivity contribution in [2.24, 2.45) is 0 Å². The van der Waals surface area contributed by atoms with Gasteiger partial charge in [0.2, 0.25) is 0 Å². The topological polar surface area (TPSA) is 129 Å². The maximum absolute atomic E-state index is 11.7. The normalized spacial score (nSPS) is 15.2. The lowest BCUT2D eigenvalue weighted by molar-refractivity contribution is -0.140. The number of nitrogens with zero attached hydrogens (tertiary/aromatic N) is 1. The molecule has 1 fully saturated rings. The lowest BCUT2D eigenvalue weighted by Crippen LogP contribution is -2.43. The molecule has 2 rings (SSSR count). The Kier molecular flexibility index (Phi) is 4.73. The monoisotopic (exact) mass is 313 g/mol. The number of nitrogens with one attached hydrogen (secondary N) is 2. The summed E-state index contributed by atoms with van der Waals surface area (Å²) in [5.74, 6) is -1.91. The minimum Gasteiger partial charge on any atom is -0.481 e. The molecule has 0 aliphatic heterocycles. The molecule has 0 radical (unpaired) electrons. The van der Waals surface area contributed by atoms with Crippen molar-refractivity contribution in [1.82, 2.24) is 10.3 Å². The Morgan fingerprint density at radius 3 is 2.67 bits per heavy atom. The SMILES string of the molecule is O=C(O)CC[C@H](NC(=O)Nc1nc(C2CC2)cs1)C(=O)O. The largest absolute Gasteiger partial charge is 0.481 e. The van der Waals surface area contributed by atoms with Crippen molar-refractivity contribution in [3.05, 3.63) is 11.1 Å². The number of aliphatic carboxylic acids is 2. The van der Waals surface area contributed by atoms with Crippen LogP contribution in [0.25, 0.3) is 0 Å². The molecule has 1 aliphatic carbocycles. The van der Waals surface area contributed by atoms with E-state index in [0.717, 1.165) is 18.5 Å². The number of carboxylic acid groups (broad SMARTS) is 2. The fourth-order valence-electron chi connectivity index (χ4n) is 1.73. The van der Waals surface area contributed by atoms with Gasteiger partial charge >= 0.3 is 18.0 Å². The molecule has 0 aromatic carbocycles. The van der Waals surface area contributed by atoms with Gasteiger partial charge in [-0.15, -0.1) is 11.3 Å². The Balaban J connectivity index is 1.85. The third kappa shape index (κ3) is 4.71. The van der Waals surface area contributed by atoms with E-state index in [-0.39, 0.29) is 12.8 Å². The van der Waals surface area contributed by atoms with E-state index in [1.54, 1.807) is 0 Å². The number of thiazole rings is 1. The van der Waals surface area contributed by atoms with E-state index in [4.69, 9.17) is 10.2 Å². The van der Waals surface area contributed by atoms with E-state index < -0.39 is 24.0 Å². The molecule has 1 aliphatic rings. The first-order chi connectivity index (χ1) is 9.95. The van der Waals surface area contributed by atoms with Crippen LogP contribution in [-0.4, -0.2) is 39.2 Å². The summed E-state index contributed by atoms with van der Waals surface area (Å²) in [6.45, 7) is 0. The minimum atomic E-state index is -1.27. The van der Waals surface area contributed by atoms with Crippen LogP contribution in [0.5, 0.6) is 0 Å². The van der Waals surface area contributed by atoms with Gasteiger partial charge in [-0.2, -0.15) is 0 Å². The van der Waals surface area contributed by atoms with Crippen LogP contribution in [0.3, 0.4) is 0 Å². The molecular weight excluding hydrogens is 298 g/mol. The standard InChI is InChI=1S/C12H15N3O5S/c16-9(17)4-3-7(10(18)19)13-11(20)15-12-14-8(5-21-12)6-1-2-6/h5-7H,1-4H2,(H,16,17)(H,18,19)(H2,13,14,15,20)/t7-/m0/s1. The fourth-order valence-corrected chi connectivity index (χ4v) is 2.51. The molecule has 1 aromatic rings. The fraction of sp³-hybridized carbons (Fsp3) is 0.500. The average molecular weight is 313 g/mol. The van der Waals surface area contributed by atoms with Crippen LogP contribution >= 0.6 is 11.3 Å². The number of rotatable bonds is 7. The second-order valence-electron chi connectivity index (χ2n) is 4.77. The second-order valence-corrected chi connectivity index (χ2v) is 5.63. The molecule has 1 saturated carbocycles.